The summed E-state index contributed by atoms with van der Waals surface area (Å²) in [6.07, 6.45) is 6.25. The van der Waals surface area contributed by atoms with Gasteiger partial charge in [-0.3, -0.25) is 9.66 Å². The molecule has 1 N–H and O–H groups in total. The summed E-state index contributed by atoms with van der Waals surface area (Å²) in [5.74, 6) is 0. The van der Waals surface area contributed by atoms with Gasteiger partial charge in [-0.05, 0) is 68.4 Å². The minimum Gasteiger partial charge on any atom is -0.351 e. The monoisotopic (exact) mass is 443 g/mol. The van der Waals surface area contributed by atoms with Gasteiger partial charge in [-0.1, -0.05) is 25.1 Å². The maximum Gasteiger partial charge on any atom is 0.174 e. The molecule has 2 unspecified atom stereocenters. The highest BCUT2D eigenvalue weighted by molar-refractivity contribution is 7.80. The molecule has 0 amide bonds. The highest BCUT2D eigenvalue weighted by Crippen LogP contribution is 2.43. The van der Waals surface area contributed by atoms with Crippen LogP contribution in [-0.4, -0.2) is 29.6 Å². The molecular weight excluding hydrogens is 418 g/mol. The van der Waals surface area contributed by atoms with Gasteiger partial charge in [0.05, 0.1) is 17.8 Å². The van der Waals surface area contributed by atoms with Gasteiger partial charge in [-0.2, -0.15) is 0 Å². The van der Waals surface area contributed by atoms with Crippen LogP contribution in [0.1, 0.15) is 47.2 Å². The maximum absolute atomic E-state index is 5.86. The first-order valence-corrected chi connectivity index (χ1v) is 11.1. The van der Waals surface area contributed by atoms with Crippen molar-refractivity contribution in [2.75, 3.05) is 4.90 Å². The highest BCUT2D eigenvalue weighted by Gasteiger charge is 2.42. The first-order chi connectivity index (χ1) is 15.6. The number of aryl methyl sites for hydroxylation is 2. The molecule has 4 aromatic rings. The minimum atomic E-state index is -0.0792. The van der Waals surface area contributed by atoms with E-state index in [0.717, 1.165) is 29.2 Å². The number of rotatable bonds is 5. The lowest BCUT2D eigenvalue weighted by Crippen LogP contribution is -2.29. The van der Waals surface area contributed by atoms with Crippen LogP contribution in [0.4, 0.5) is 5.69 Å². The topological polar surface area (TPSA) is 63.8 Å². The summed E-state index contributed by atoms with van der Waals surface area (Å²) < 4.78 is 4.01. The molecule has 2 atom stereocenters. The Hall–Kier alpha value is -3.52. The Kier molecular flexibility index (Phi) is 5.22. The molecule has 0 spiro atoms. The van der Waals surface area contributed by atoms with Gasteiger partial charge in [-0.15, -0.1) is 10.2 Å². The number of nitrogens with one attached hydrogen (secondary N) is 1. The molecule has 0 bridgehead atoms. The molecule has 162 valence electrons. The van der Waals surface area contributed by atoms with Crippen LogP contribution in [0.5, 0.6) is 0 Å². The summed E-state index contributed by atoms with van der Waals surface area (Å²) in [6.45, 7) is 6.38. The van der Waals surface area contributed by atoms with Crippen LogP contribution in [0, 0.1) is 13.8 Å². The number of hydrogen-bond donors (Lipinski definition) is 1. The zero-order valence-electron chi connectivity index (χ0n) is 18.3. The van der Waals surface area contributed by atoms with E-state index in [0.29, 0.717) is 5.11 Å². The molecule has 4 heterocycles. The molecule has 7 nitrogen and oxygen atoms in total. The number of anilines is 1. The van der Waals surface area contributed by atoms with Crippen LogP contribution in [-0.2, 0) is 6.42 Å². The third-order valence-electron chi connectivity index (χ3n) is 6.11. The molecule has 1 aliphatic heterocycles. The summed E-state index contributed by atoms with van der Waals surface area (Å²) in [4.78, 5) is 6.87. The van der Waals surface area contributed by atoms with Crippen molar-refractivity contribution in [1.82, 2.24) is 29.9 Å². The highest BCUT2D eigenvalue weighted by atomic mass is 32.1. The van der Waals surface area contributed by atoms with Gasteiger partial charge in [-0.25, -0.2) is 4.68 Å². The molecule has 0 aliphatic carbocycles. The SMILES string of the molecule is CCc1ccc(N2C(=S)NC(c3ccccn3)C2c2cc(C)n(-n3cnnc3)c2C)cc1. The lowest BCUT2D eigenvalue weighted by Gasteiger charge is -2.28. The largest absolute Gasteiger partial charge is 0.351 e. The maximum atomic E-state index is 5.86. The zero-order valence-corrected chi connectivity index (χ0v) is 19.1. The molecule has 32 heavy (non-hydrogen) atoms. The van der Waals surface area contributed by atoms with Crippen molar-refractivity contribution >= 4 is 23.0 Å². The average Bonchev–Trinajstić information content (AvgIpc) is 3.52. The minimum absolute atomic E-state index is 0.0543. The fraction of sp³-hybridized carbons (Fsp3) is 0.250. The second kappa shape index (κ2) is 8.20. The quantitative estimate of drug-likeness (QED) is 0.468. The number of thiocarbonyl (C=S) groups is 1. The summed E-state index contributed by atoms with van der Waals surface area (Å²) in [5.41, 5.74) is 6.71. The average molecular weight is 444 g/mol. The molecule has 3 aromatic heterocycles. The molecule has 1 aromatic carbocycles. The molecule has 0 saturated carbocycles. The van der Waals surface area contributed by atoms with Crippen molar-refractivity contribution < 1.29 is 0 Å². The second-order valence-electron chi connectivity index (χ2n) is 8.00. The predicted octanol–water partition coefficient (Wildman–Crippen LogP) is 4.14. The molecule has 0 radical (unpaired) electrons. The first kappa shape index (κ1) is 20.4. The van der Waals surface area contributed by atoms with E-state index in [1.54, 1.807) is 12.7 Å². The van der Waals surface area contributed by atoms with Gasteiger partial charge >= 0.3 is 0 Å². The predicted molar refractivity (Wildman–Crippen MR) is 128 cm³/mol. The lowest BCUT2D eigenvalue weighted by molar-refractivity contribution is 0.557. The van der Waals surface area contributed by atoms with Gasteiger partial charge in [0.15, 0.2) is 5.11 Å². The molecule has 1 saturated heterocycles. The summed E-state index contributed by atoms with van der Waals surface area (Å²) in [6, 6.07) is 16.7. The molecule has 1 fully saturated rings. The van der Waals surface area contributed by atoms with Crippen LogP contribution in [0.15, 0.2) is 67.4 Å². The smallest absolute Gasteiger partial charge is 0.174 e. The summed E-state index contributed by atoms with van der Waals surface area (Å²) >= 11 is 5.86. The standard InChI is InChI=1S/C24H25N7S/c1-4-18-8-10-19(11-9-18)30-23(22(28-24(30)32)21-7-5-6-12-25-21)20-13-16(2)31(17(20)3)29-14-26-27-15-29/h5-15,22-23H,4H2,1-3H3,(H,28,32). The Labute approximate surface area is 192 Å². The van der Waals surface area contributed by atoms with E-state index in [9.17, 15) is 0 Å². The van der Waals surface area contributed by atoms with Crippen molar-refractivity contribution in [3.63, 3.8) is 0 Å². The van der Waals surface area contributed by atoms with Crippen molar-refractivity contribution in [1.29, 1.82) is 0 Å². The van der Waals surface area contributed by atoms with Crippen molar-refractivity contribution in [3.05, 3.63) is 95.6 Å². The molecule has 1 aliphatic rings. The van der Waals surface area contributed by atoms with Crippen LogP contribution >= 0.6 is 12.2 Å². The summed E-state index contributed by atoms with van der Waals surface area (Å²) in [5, 5.41) is 12.2. The van der Waals surface area contributed by atoms with Crippen molar-refractivity contribution in [3.8, 4) is 0 Å². The van der Waals surface area contributed by atoms with Gasteiger partial charge in [0.1, 0.15) is 12.7 Å². The molecule has 8 heteroatoms. The van der Waals surface area contributed by atoms with E-state index in [1.165, 1.54) is 11.1 Å². The van der Waals surface area contributed by atoms with E-state index in [2.05, 4.69) is 87.2 Å². The molecule has 5 rings (SSSR count). The Bertz CT molecular complexity index is 1230. The van der Waals surface area contributed by atoms with Gasteiger partial charge in [0, 0.05) is 28.8 Å². The van der Waals surface area contributed by atoms with Crippen molar-refractivity contribution in [2.24, 2.45) is 0 Å². The zero-order chi connectivity index (χ0) is 22.2. The lowest BCUT2D eigenvalue weighted by atomic mass is 9.96. The van der Waals surface area contributed by atoms with Crippen LogP contribution in [0.25, 0.3) is 0 Å². The van der Waals surface area contributed by atoms with Gasteiger partial charge < -0.3 is 10.2 Å². The second-order valence-corrected chi connectivity index (χ2v) is 8.38. The normalized spacial score (nSPS) is 18.2. The van der Waals surface area contributed by atoms with Gasteiger partial charge in [0.25, 0.3) is 0 Å². The third kappa shape index (κ3) is 3.36. The van der Waals surface area contributed by atoms with Crippen molar-refractivity contribution in [2.45, 2.75) is 39.3 Å². The number of pyridine rings is 1. The number of benzene rings is 1. The van der Waals surface area contributed by atoms with Crippen LogP contribution in [0.2, 0.25) is 0 Å². The fourth-order valence-corrected chi connectivity index (χ4v) is 4.92. The van der Waals surface area contributed by atoms with Crippen LogP contribution < -0.4 is 10.2 Å². The van der Waals surface area contributed by atoms with Gasteiger partial charge in [0.2, 0.25) is 0 Å². The van der Waals surface area contributed by atoms with E-state index < -0.39 is 0 Å². The fourth-order valence-electron chi connectivity index (χ4n) is 4.57. The third-order valence-corrected chi connectivity index (χ3v) is 6.43. The molecular formula is C24H25N7S. The summed E-state index contributed by atoms with van der Waals surface area (Å²) in [7, 11) is 0. The Morgan fingerprint density at radius 1 is 1.03 bits per heavy atom. The first-order valence-electron chi connectivity index (χ1n) is 10.7. The number of hydrogen-bond acceptors (Lipinski definition) is 4. The van der Waals surface area contributed by atoms with E-state index in [-0.39, 0.29) is 12.1 Å². The van der Waals surface area contributed by atoms with Crippen LogP contribution in [0.3, 0.4) is 0 Å². The van der Waals surface area contributed by atoms with E-state index in [1.807, 2.05) is 23.0 Å². The Balaban J connectivity index is 1.66. The number of nitrogens with zero attached hydrogens (tertiary/aromatic N) is 6. The Morgan fingerprint density at radius 3 is 2.44 bits per heavy atom. The Morgan fingerprint density at radius 2 is 1.78 bits per heavy atom. The number of aromatic nitrogens is 5. The van der Waals surface area contributed by atoms with E-state index in [4.69, 9.17) is 12.2 Å². The van der Waals surface area contributed by atoms with E-state index >= 15 is 0 Å².